The Kier molecular flexibility index (Phi) is 4.02. The van der Waals surface area contributed by atoms with Crippen LogP contribution in [0.15, 0.2) is 24.3 Å². The first-order chi connectivity index (χ1) is 8.09. The molecule has 0 N–H and O–H groups in total. The average molecular weight is 341 g/mol. The second-order valence-corrected chi connectivity index (χ2v) is 6.07. The Morgan fingerprint density at radius 3 is 2.71 bits per heavy atom. The molecule has 92 valence electrons. The molecule has 2 rings (SSSR count). The molecule has 2 unspecified atom stereocenters. The van der Waals surface area contributed by atoms with Gasteiger partial charge in [0.1, 0.15) is 22.4 Å². The third-order valence-corrected chi connectivity index (χ3v) is 4.83. The highest BCUT2D eigenvalue weighted by Crippen LogP contribution is 2.54. The van der Waals surface area contributed by atoms with Crippen molar-refractivity contribution in [3.8, 4) is 0 Å². The molecule has 1 aliphatic carbocycles. The normalized spacial score (nSPS) is 22.2. The average Bonchev–Trinajstić information content (AvgIpc) is 2.67. The summed E-state index contributed by atoms with van der Waals surface area (Å²) < 4.78 is 25.0. The summed E-state index contributed by atoms with van der Waals surface area (Å²) in [4.78, 5) is 11.9. The minimum Gasteiger partial charge on any atom is -0.291 e. The third kappa shape index (κ3) is 2.62. The number of hydrogen-bond acceptors (Lipinski definition) is 5. The van der Waals surface area contributed by atoms with E-state index in [4.69, 9.17) is 16.4 Å². The van der Waals surface area contributed by atoms with Crippen LogP contribution in [0.1, 0.15) is 15.9 Å². The van der Waals surface area contributed by atoms with Gasteiger partial charge in [-0.05, 0) is 5.56 Å². The van der Waals surface area contributed by atoms with Crippen molar-refractivity contribution in [2.24, 2.45) is 0 Å². The Balaban J connectivity index is 2.18. The standard InChI is InChI=1S/C9H7BrClO5P/c10-15-17(13,16-11)14-8-5-6-3-1-2-4-7(6)9(8)12/h1-4,8H,5H2. The lowest BCUT2D eigenvalue weighted by molar-refractivity contribution is 0.0772. The maximum Gasteiger partial charge on any atom is 0.503 e. The van der Waals surface area contributed by atoms with Gasteiger partial charge in [-0.25, -0.2) is 8.18 Å². The van der Waals surface area contributed by atoms with Gasteiger partial charge in [0, 0.05) is 12.0 Å². The highest BCUT2D eigenvalue weighted by atomic mass is 79.9. The lowest BCUT2D eigenvalue weighted by atomic mass is 10.1. The van der Waals surface area contributed by atoms with Crippen molar-refractivity contribution in [1.29, 1.82) is 0 Å². The first-order valence-electron chi connectivity index (χ1n) is 4.61. The number of hydrogen-bond donors (Lipinski definition) is 0. The molecule has 0 saturated carbocycles. The van der Waals surface area contributed by atoms with E-state index in [0.717, 1.165) is 5.56 Å². The zero-order valence-corrected chi connectivity index (χ0v) is 11.6. The Bertz CT molecular complexity index is 486. The van der Waals surface area contributed by atoms with Crippen molar-refractivity contribution in [1.82, 2.24) is 0 Å². The van der Waals surface area contributed by atoms with E-state index in [1.54, 1.807) is 18.2 Å². The van der Waals surface area contributed by atoms with E-state index in [1.165, 1.54) is 0 Å². The van der Waals surface area contributed by atoms with Crippen LogP contribution in [0.25, 0.3) is 0 Å². The number of phosphoric acid groups is 1. The Labute approximate surface area is 111 Å². The minimum absolute atomic E-state index is 0.265. The summed E-state index contributed by atoms with van der Waals surface area (Å²) in [6.07, 6.45) is -0.593. The summed E-state index contributed by atoms with van der Waals surface area (Å²) in [6, 6.07) is 7.05. The molecule has 17 heavy (non-hydrogen) atoms. The second kappa shape index (κ2) is 5.18. The molecule has 0 fully saturated rings. The van der Waals surface area contributed by atoms with Gasteiger partial charge in [-0.15, -0.1) is 0 Å². The van der Waals surface area contributed by atoms with Gasteiger partial charge < -0.3 is 0 Å². The van der Waals surface area contributed by atoms with E-state index in [0.29, 0.717) is 12.0 Å². The van der Waals surface area contributed by atoms with Gasteiger partial charge in [-0.1, -0.05) is 24.3 Å². The molecule has 0 bridgehead atoms. The van der Waals surface area contributed by atoms with E-state index in [2.05, 4.69) is 23.9 Å². The largest absolute Gasteiger partial charge is 0.503 e. The van der Waals surface area contributed by atoms with Crippen molar-refractivity contribution < 1.29 is 21.6 Å². The van der Waals surface area contributed by atoms with Gasteiger partial charge in [0.25, 0.3) is 0 Å². The van der Waals surface area contributed by atoms with E-state index in [1.807, 2.05) is 6.07 Å². The second-order valence-electron chi connectivity index (χ2n) is 3.40. The SMILES string of the molecule is O=C1c2ccccc2CC1OP(=O)(OCl)OBr. The van der Waals surface area contributed by atoms with Crippen molar-refractivity contribution >= 4 is 41.7 Å². The fraction of sp³-hybridized carbons (Fsp3) is 0.222. The van der Waals surface area contributed by atoms with Crippen LogP contribution in [0.5, 0.6) is 0 Å². The van der Waals surface area contributed by atoms with Crippen molar-refractivity contribution in [2.75, 3.05) is 0 Å². The minimum atomic E-state index is -3.93. The number of ketones is 1. The van der Waals surface area contributed by atoms with E-state index in [-0.39, 0.29) is 5.78 Å². The van der Waals surface area contributed by atoms with E-state index < -0.39 is 13.9 Å². The maximum atomic E-state index is 11.9. The molecular weight excluding hydrogens is 334 g/mol. The highest BCUT2D eigenvalue weighted by Gasteiger charge is 2.39. The van der Waals surface area contributed by atoms with Gasteiger partial charge in [0.15, 0.2) is 5.78 Å². The smallest absolute Gasteiger partial charge is 0.291 e. The quantitative estimate of drug-likeness (QED) is 0.785. The highest BCUT2D eigenvalue weighted by molar-refractivity contribution is 9.06. The monoisotopic (exact) mass is 340 g/mol. The van der Waals surface area contributed by atoms with Crippen LogP contribution in [0.2, 0.25) is 0 Å². The molecule has 1 aromatic rings. The van der Waals surface area contributed by atoms with Crippen molar-refractivity contribution in [2.45, 2.75) is 12.5 Å². The van der Waals surface area contributed by atoms with Crippen LogP contribution in [0.4, 0.5) is 0 Å². The molecule has 8 heteroatoms. The van der Waals surface area contributed by atoms with Crippen LogP contribution in [0, 0.1) is 0 Å². The summed E-state index contributed by atoms with van der Waals surface area (Å²) in [6.45, 7) is 0. The molecule has 0 heterocycles. The lowest BCUT2D eigenvalue weighted by Crippen LogP contribution is -2.18. The van der Waals surface area contributed by atoms with Crippen LogP contribution >= 0.6 is 35.9 Å². The first kappa shape index (κ1) is 13.2. The number of carbonyl (C=O) groups is 1. The molecular formula is C9H7BrClO5P. The summed E-state index contributed by atoms with van der Waals surface area (Å²) in [5.74, 6) is -0.265. The van der Waals surface area contributed by atoms with Crippen molar-refractivity contribution in [3.05, 3.63) is 35.4 Å². The number of carbonyl (C=O) groups excluding carboxylic acids is 1. The topological polar surface area (TPSA) is 61.8 Å². The molecule has 2 atom stereocenters. The predicted octanol–water partition coefficient (Wildman–Crippen LogP) is 3.42. The summed E-state index contributed by atoms with van der Waals surface area (Å²) in [5, 5.41) is 0. The number of rotatable bonds is 4. The lowest BCUT2D eigenvalue weighted by Gasteiger charge is -2.14. The first-order valence-corrected chi connectivity index (χ1v) is 7.02. The van der Waals surface area contributed by atoms with Crippen LogP contribution in [0.3, 0.4) is 0 Å². The summed E-state index contributed by atoms with van der Waals surface area (Å²) >= 11 is 7.48. The third-order valence-electron chi connectivity index (χ3n) is 2.41. The molecule has 1 aromatic carbocycles. The molecule has 5 nitrogen and oxygen atoms in total. The fourth-order valence-electron chi connectivity index (χ4n) is 1.69. The molecule has 0 saturated heterocycles. The van der Waals surface area contributed by atoms with Crippen LogP contribution in [-0.2, 0) is 23.2 Å². The number of benzene rings is 1. The molecule has 0 spiro atoms. The fourth-order valence-corrected chi connectivity index (χ4v) is 3.03. The predicted molar refractivity (Wildman–Crippen MR) is 63.9 cm³/mol. The van der Waals surface area contributed by atoms with Gasteiger partial charge in [-0.3, -0.25) is 9.32 Å². The summed E-state index contributed by atoms with van der Waals surface area (Å²) in [7, 11) is -3.93. The van der Waals surface area contributed by atoms with Gasteiger partial charge >= 0.3 is 7.82 Å². The Hall–Kier alpha value is -0.230. The van der Waals surface area contributed by atoms with Crippen molar-refractivity contribution in [3.63, 3.8) is 0 Å². The Morgan fingerprint density at radius 2 is 2.12 bits per heavy atom. The van der Waals surface area contributed by atoms with E-state index >= 15 is 0 Å². The van der Waals surface area contributed by atoms with E-state index in [9.17, 15) is 9.36 Å². The van der Waals surface area contributed by atoms with Gasteiger partial charge in [0.05, 0.1) is 11.9 Å². The Morgan fingerprint density at radius 1 is 1.41 bits per heavy atom. The van der Waals surface area contributed by atoms with Gasteiger partial charge in [-0.2, -0.15) is 4.08 Å². The molecule has 1 aliphatic rings. The zero-order valence-electron chi connectivity index (χ0n) is 8.34. The molecule has 0 radical (unpaired) electrons. The van der Waals surface area contributed by atoms with Gasteiger partial charge in [0.2, 0.25) is 0 Å². The molecule has 0 aromatic heterocycles. The zero-order chi connectivity index (χ0) is 12.5. The van der Waals surface area contributed by atoms with Crippen LogP contribution in [-0.4, -0.2) is 11.9 Å². The maximum absolute atomic E-state index is 11.9. The number of Topliss-reactive ketones (excluding diaryl/α,β-unsaturated/α-hetero) is 1. The molecule has 0 amide bonds. The number of halogens is 2. The summed E-state index contributed by atoms with van der Waals surface area (Å²) in [5.41, 5.74) is 1.38. The molecule has 0 aliphatic heterocycles. The number of fused-ring (bicyclic) bond motifs is 1. The van der Waals surface area contributed by atoms with Crippen LogP contribution < -0.4 is 0 Å².